The van der Waals surface area contributed by atoms with Gasteiger partial charge in [-0.2, -0.15) is 0 Å². The maximum Gasteiger partial charge on any atom is 0.414 e. The van der Waals surface area contributed by atoms with Crippen molar-refractivity contribution in [2.45, 2.75) is 13.0 Å². The van der Waals surface area contributed by atoms with Gasteiger partial charge in [-0.15, -0.1) is 0 Å². The van der Waals surface area contributed by atoms with Crippen molar-refractivity contribution in [2.75, 3.05) is 18.0 Å². The molecule has 24 heavy (non-hydrogen) atoms. The standard InChI is InChI=1S/C16H15ClFN3O3/c1-11(22)21(17)10-15-9-20(16(23)24-15)14-4-2-3-13(7-14)19-6-5-12(18)8-19/h2-8,15H,9-10H2,1H3/t15-/m0/s1. The number of carbonyl (C=O) groups excluding carboxylic acids is 2. The molecule has 1 atom stereocenters. The van der Waals surface area contributed by atoms with Crippen LogP contribution in [0.1, 0.15) is 6.92 Å². The van der Waals surface area contributed by atoms with E-state index in [1.54, 1.807) is 35.0 Å². The Kier molecular flexibility index (Phi) is 4.44. The third-order valence-electron chi connectivity index (χ3n) is 3.68. The van der Waals surface area contributed by atoms with E-state index in [4.69, 9.17) is 16.5 Å². The van der Waals surface area contributed by atoms with E-state index in [0.29, 0.717) is 5.69 Å². The molecule has 1 aliphatic heterocycles. The summed E-state index contributed by atoms with van der Waals surface area (Å²) in [5.41, 5.74) is 1.34. The van der Waals surface area contributed by atoms with E-state index in [-0.39, 0.29) is 24.8 Å². The molecular weight excluding hydrogens is 337 g/mol. The Balaban J connectivity index is 1.77. The van der Waals surface area contributed by atoms with Gasteiger partial charge in [-0.25, -0.2) is 9.18 Å². The van der Waals surface area contributed by atoms with Crippen molar-refractivity contribution in [3.05, 3.63) is 48.5 Å². The van der Waals surface area contributed by atoms with Gasteiger partial charge in [-0.3, -0.25) is 14.1 Å². The summed E-state index contributed by atoms with van der Waals surface area (Å²) < 4.78 is 21.0. The lowest BCUT2D eigenvalue weighted by Gasteiger charge is -2.16. The molecule has 0 radical (unpaired) electrons. The summed E-state index contributed by atoms with van der Waals surface area (Å²) in [6.07, 6.45) is 1.93. The third-order valence-corrected chi connectivity index (χ3v) is 4.05. The molecule has 0 aliphatic carbocycles. The lowest BCUT2D eigenvalue weighted by Crippen LogP contribution is -2.32. The molecule has 1 aromatic heterocycles. The van der Waals surface area contributed by atoms with Crippen molar-refractivity contribution in [3.8, 4) is 5.69 Å². The Bertz CT molecular complexity index is 779. The minimum Gasteiger partial charge on any atom is -0.442 e. The fourth-order valence-electron chi connectivity index (χ4n) is 2.49. The second kappa shape index (κ2) is 6.52. The minimum atomic E-state index is -0.510. The number of aromatic nitrogens is 1. The minimum absolute atomic E-state index is 0.113. The van der Waals surface area contributed by atoms with Crippen LogP contribution in [-0.4, -0.2) is 40.2 Å². The van der Waals surface area contributed by atoms with Crippen LogP contribution in [0.15, 0.2) is 42.7 Å². The fourth-order valence-corrected chi connectivity index (χ4v) is 2.64. The molecule has 2 heterocycles. The van der Waals surface area contributed by atoms with Crippen LogP contribution in [0, 0.1) is 5.82 Å². The lowest BCUT2D eigenvalue weighted by molar-refractivity contribution is -0.125. The molecular formula is C16H15ClFN3O3. The quantitative estimate of drug-likeness (QED) is 0.796. The fraction of sp³-hybridized carbons (Fsp3) is 0.250. The van der Waals surface area contributed by atoms with Crippen molar-refractivity contribution >= 4 is 29.5 Å². The Hall–Kier alpha value is -2.54. The summed E-state index contributed by atoms with van der Waals surface area (Å²) >= 11 is 5.78. The molecule has 1 fully saturated rings. The Morgan fingerprint density at radius 2 is 2.17 bits per heavy atom. The van der Waals surface area contributed by atoms with Gasteiger partial charge in [0, 0.05) is 42.5 Å². The highest BCUT2D eigenvalue weighted by molar-refractivity contribution is 6.20. The van der Waals surface area contributed by atoms with E-state index >= 15 is 0 Å². The number of benzene rings is 1. The average Bonchev–Trinajstić information content (AvgIpc) is 3.13. The van der Waals surface area contributed by atoms with E-state index < -0.39 is 12.2 Å². The molecule has 0 saturated carbocycles. The van der Waals surface area contributed by atoms with E-state index in [0.717, 1.165) is 10.1 Å². The first-order valence-electron chi connectivity index (χ1n) is 7.30. The summed E-state index contributed by atoms with van der Waals surface area (Å²) in [6.45, 7) is 1.72. The van der Waals surface area contributed by atoms with Gasteiger partial charge in [-0.05, 0) is 24.3 Å². The van der Waals surface area contributed by atoms with Crippen LogP contribution in [-0.2, 0) is 9.53 Å². The highest BCUT2D eigenvalue weighted by Crippen LogP contribution is 2.25. The summed E-state index contributed by atoms with van der Waals surface area (Å²) in [6, 6.07) is 8.44. The number of ether oxygens (including phenoxy) is 1. The second-order valence-electron chi connectivity index (χ2n) is 5.44. The Morgan fingerprint density at radius 1 is 1.42 bits per heavy atom. The second-order valence-corrected chi connectivity index (χ2v) is 5.85. The van der Waals surface area contributed by atoms with Gasteiger partial charge < -0.3 is 9.30 Å². The Morgan fingerprint density at radius 3 is 2.83 bits per heavy atom. The van der Waals surface area contributed by atoms with Crippen LogP contribution in [0.4, 0.5) is 14.9 Å². The van der Waals surface area contributed by atoms with Gasteiger partial charge >= 0.3 is 6.09 Å². The summed E-state index contributed by atoms with van der Waals surface area (Å²) in [5, 5.41) is 0. The normalized spacial score (nSPS) is 17.0. The maximum absolute atomic E-state index is 13.2. The number of hydrogen-bond donors (Lipinski definition) is 0. The summed E-state index contributed by atoms with van der Waals surface area (Å²) in [5.74, 6) is -0.657. The molecule has 2 aromatic rings. The lowest BCUT2D eigenvalue weighted by atomic mass is 10.2. The van der Waals surface area contributed by atoms with Crippen molar-refractivity contribution in [3.63, 3.8) is 0 Å². The van der Waals surface area contributed by atoms with Crippen LogP contribution in [0.25, 0.3) is 5.69 Å². The molecule has 1 aromatic carbocycles. The number of cyclic esters (lactones) is 1. The molecule has 3 rings (SSSR count). The zero-order valence-corrected chi connectivity index (χ0v) is 13.6. The number of halogens is 2. The van der Waals surface area contributed by atoms with Crippen LogP contribution >= 0.6 is 11.8 Å². The molecule has 0 bridgehead atoms. The SMILES string of the molecule is CC(=O)N(Cl)C[C@@H]1CN(c2cccc(-n3ccc(F)c3)c2)C(=O)O1. The number of anilines is 1. The molecule has 1 aliphatic rings. The molecule has 2 amide bonds. The van der Waals surface area contributed by atoms with Gasteiger partial charge in [0.2, 0.25) is 5.91 Å². The largest absolute Gasteiger partial charge is 0.442 e. The number of rotatable bonds is 4. The highest BCUT2D eigenvalue weighted by atomic mass is 35.5. The van der Waals surface area contributed by atoms with E-state index in [9.17, 15) is 14.0 Å². The molecule has 8 heteroatoms. The molecule has 0 N–H and O–H groups in total. The van der Waals surface area contributed by atoms with E-state index in [2.05, 4.69) is 0 Å². The zero-order valence-electron chi connectivity index (χ0n) is 12.9. The van der Waals surface area contributed by atoms with Crippen LogP contribution in [0.5, 0.6) is 0 Å². The van der Waals surface area contributed by atoms with Gasteiger partial charge in [0.25, 0.3) is 0 Å². The van der Waals surface area contributed by atoms with Crippen molar-refractivity contribution < 1.29 is 18.7 Å². The average molecular weight is 352 g/mol. The van der Waals surface area contributed by atoms with Crippen molar-refractivity contribution in [1.82, 2.24) is 8.99 Å². The van der Waals surface area contributed by atoms with Crippen LogP contribution in [0.3, 0.4) is 0 Å². The summed E-state index contributed by atoms with van der Waals surface area (Å²) in [4.78, 5) is 24.7. The number of hydrogen-bond acceptors (Lipinski definition) is 3. The molecule has 0 spiro atoms. The van der Waals surface area contributed by atoms with Crippen LogP contribution in [0.2, 0.25) is 0 Å². The van der Waals surface area contributed by atoms with Crippen molar-refractivity contribution in [1.29, 1.82) is 0 Å². The van der Waals surface area contributed by atoms with E-state index in [1.807, 2.05) is 0 Å². The third kappa shape index (κ3) is 3.35. The molecule has 1 saturated heterocycles. The predicted molar refractivity (Wildman–Crippen MR) is 86.6 cm³/mol. The van der Waals surface area contributed by atoms with Gasteiger partial charge in [0.05, 0.1) is 13.1 Å². The number of amides is 2. The van der Waals surface area contributed by atoms with Crippen molar-refractivity contribution in [2.24, 2.45) is 0 Å². The molecule has 0 unspecified atom stereocenters. The highest BCUT2D eigenvalue weighted by Gasteiger charge is 2.34. The van der Waals surface area contributed by atoms with Gasteiger partial charge in [-0.1, -0.05) is 6.07 Å². The number of nitrogens with zero attached hydrogens (tertiary/aromatic N) is 3. The maximum atomic E-state index is 13.2. The Labute approximate surface area is 143 Å². The smallest absolute Gasteiger partial charge is 0.414 e. The molecule has 6 nitrogen and oxygen atoms in total. The topological polar surface area (TPSA) is 54.8 Å². The first kappa shape index (κ1) is 16.3. The summed E-state index contributed by atoms with van der Waals surface area (Å²) in [7, 11) is 0. The van der Waals surface area contributed by atoms with Gasteiger partial charge in [0.15, 0.2) is 0 Å². The first-order chi connectivity index (χ1) is 11.4. The van der Waals surface area contributed by atoms with Crippen LogP contribution < -0.4 is 4.90 Å². The monoisotopic (exact) mass is 351 g/mol. The van der Waals surface area contributed by atoms with Gasteiger partial charge in [0.1, 0.15) is 11.9 Å². The predicted octanol–water partition coefficient (Wildman–Crippen LogP) is 2.94. The molecule has 126 valence electrons. The van der Waals surface area contributed by atoms with E-state index in [1.165, 1.54) is 24.1 Å². The zero-order chi connectivity index (χ0) is 17.3. The first-order valence-corrected chi connectivity index (χ1v) is 7.64. The number of carbonyl (C=O) groups is 2.